The predicted molar refractivity (Wildman–Crippen MR) is 57.0 cm³/mol. The van der Waals surface area contributed by atoms with E-state index in [9.17, 15) is 8.42 Å². The SMILES string of the molecule is CS(=O)(=O)O.c1ccc2ncncc2c1. The van der Waals surface area contributed by atoms with E-state index in [-0.39, 0.29) is 0 Å². The third kappa shape index (κ3) is 5.04. The molecule has 0 saturated heterocycles. The van der Waals surface area contributed by atoms with Crippen LogP contribution in [0.2, 0.25) is 0 Å². The molecule has 0 radical (unpaired) electrons. The van der Waals surface area contributed by atoms with E-state index in [0.29, 0.717) is 6.26 Å². The van der Waals surface area contributed by atoms with Gasteiger partial charge >= 0.3 is 0 Å². The van der Waals surface area contributed by atoms with Crippen molar-refractivity contribution in [2.75, 3.05) is 6.26 Å². The van der Waals surface area contributed by atoms with Crippen LogP contribution in [0.15, 0.2) is 36.8 Å². The fourth-order valence-electron chi connectivity index (χ4n) is 0.923. The zero-order chi connectivity index (χ0) is 11.3. The summed E-state index contributed by atoms with van der Waals surface area (Å²) in [6, 6.07) is 7.91. The molecule has 0 aliphatic heterocycles. The van der Waals surface area contributed by atoms with Gasteiger partial charge in [-0.1, -0.05) is 18.2 Å². The van der Waals surface area contributed by atoms with E-state index < -0.39 is 10.1 Å². The van der Waals surface area contributed by atoms with E-state index in [2.05, 4.69) is 9.97 Å². The Morgan fingerprint density at radius 3 is 2.47 bits per heavy atom. The van der Waals surface area contributed by atoms with Gasteiger partial charge in [-0.05, 0) is 6.07 Å². The minimum atomic E-state index is -3.67. The number of benzene rings is 1. The van der Waals surface area contributed by atoms with Crippen LogP contribution in [0, 0.1) is 0 Å². The van der Waals surface area contributed by atoms with E-state index in [0.717, 1.165) is 10.9 Å². The van der Waals surface area contributed by atoms with Crippen molar-refractivity contribution >= 4 is 21.0 Å². The largest absolute Gasteiger partial charge is 0.286 e. The Kier molecular flexibility index (Phi) is 3.70. The minimum absolute atomic E-state index is 0.715. The highest BCUT2D eigenvalue weighted by atomic mass is 32.2. The molecule has 0 bridgehead atoms. The van der Waals surface area contributed by atoms with Gasteiger partial charge < -0.3 is 0 Å². The van der Waals surface area contributed by atoms with Crippen molar-refractivity contribution in [1.29, 1.82) is 0 Å². The maximum absolute atomic E-state index is 9.19. The van der Waals surface area contributed by atoms with Gasteiger partial charge in [0.15, 0.2) is 0 Å². The molecule has 0 saturated carbocycles. The van der Waals surface area contributed by atoms with Gasteiger partial charge in [0.2, 0.25) is 0 Å². The molecular weight excluding hydrogens is 216 g/mol. The summed E-state index contributed by atoms with van der Waals surface area (Å²) in [5, 5.41) is 1.09. The fourth-order valence-corrected chi connectivity index (χ4v) is 0.923. The number of para-hydroxylation sites is 1. The molecule has 0 unspecified atom stereocenters. The van der Waals surface area contributed by atoms with Crippen LogP contribution >= 0.6 is 0 Å². The summed E-state index contributed by atoms with van der Waals surface area (Å²) < 4.78 is 25.9. The molecule has 0 aliphatic rings. The summed E-state index contributed by atoms with van der Waals surface area (Å²) in [6.07, 6.45) is 4.08. The number of hydrogen-bond acceptors (Lipinski definition) is 4. The summed E-state index contributed by atoms with van der Waals surface area (Å²) in [5.41, 5.74) is 0.998. The van der Waals surface area contributed by atoms with Crippen molar-refractivity contribution in [1.82, 2.24) is 9.97 Å². The molecule has 6 heteroatoms. The second-order valence-electron chi connectivity index (χ2n) is 2.81. The monoisotopic (exact) mass is 226 g/mol. The van der Waals surface area contributed by atoms with Crippen LogP contribution in [0.1, 0.15) is 0 Å². The van der Waals surface area contributed by atoms with E-state index in [1.54, 1.807) is 6.33 Å². The molecule has 15 heavy (non-hydrogen) atoms. The number of aromatic nitrogens is 2. The third-order valence-corrected chi connectivity index (χ3v) is 1.41. The van der Waals surface area contributed by atoms with Crippen LogP contribution in [-0.2, 0) is 10.1 Å². The Morgan fingerprint density at radius 2 is 1.87 bits per heavy atom. The van der Waals surface area contributed by atoms with Crippen LogP contribution in [-0.4, -0.2) is 29.2 Å². The molecule has 0 fully saturated rings. The predicted octanol–water partition coefficient (Wildman–Crippen LogP) is 1.13. The molecular formula is C9H10N2O3S. The van der Waals surface area contributed by atoms with Crippen LogP contribution in [0.3, 0.4) is 0 Å². The normalized spacial score (nSPS) is 10.5. The highest BCUT2D eigenvalue weighted by Gasteiger charge is 1.87. The molecule has 2 rings (SSSR count). The second kappa shape index (κ2) is 4.81. The smallest absolute Gasteiger partial charge is 0.261 e. The van der Waals surface area contributed by atoms with Gasteiger partial charge in [0.05, 0.1) is 11.8 Å². The van der Waals surface area contributed by atoms with Crippen LogP contribution in [0.4, 0.5) is 0 Å². The Labute approximate surface area is 87.6 Å². The number of hydrogen-bond donors (Lipinski definition) is 1. The summed E-state index contributed by atoms with van der Waals surface area (Å²) in [4.78, 5) is 7.97. The molecule has 80 valence electrons. The average Bonchev–Trinajstić information content (AvgIpc) is 2.16. The lowest BCUT2D eigenvalue weighted by Gasteiger charge is -1.90. The van der Waals surface area contributed by atoms with Crippen molar-refractivity contribution in [3.8, 4) is 0 Å². The van der Waals surface area contributed by atoms with Gasteiger partial charge in [0.1, 0.15) is 6.33 Å². The van der Waals surface area contributed by atoms with Crippen molar-refractivity contribution in [2.24, 2.45) is 0 Å². The fraction of sp³-hybridized carbons (Fsp3) is 0.111. The molecule has 5 nitrogen and oxygen atoms in total. The van der Waals surface area contributed by atoms with Crippen molar-refractivity contribution in [3.63, 3.8) is 0 Å². The zero-order valence-corrected chi connectivity index (χ0v) is 8.85. The van der Waals surface area contributed by atoms with Crippen molar-refractivity contribution < 1.29 is 13.0 Å². The van der Waals surface area contributed by atoms with Crippen LogP contribution in [0.5, 0.6) is 0 Å². The maximum Gasteiger partial charge on any atom is 0.261 e. The standard InChI is InChI=1S/C8H6N2.CH4O3S/c1-2-4-8-7(3-1)5-9-6-10-8;1-5(2,3)4/h1-6H;1H3,(H,2,3,4). The Balaban J connectivity index is 0.000000195. The molecule has 0 atom stereocenters. The summed E-state index contributed by atoms with van der Waals surface area (Å²) >= 11 is 0. The van der Waals surface area contributed by atoms with Gasteiger partial charge in [-0.2, -0.15) is 8.42 Å². The van der Waals surface area contributed by atoms with E-state index in [4.69, 9.17) is 4.55 Å². The number of nitrogens with zero attached hydrogens (tertiary/aromatic N) is 2. The molecule has 0 aliphatic carbocycles. The van der Waals surface area contributed by atoms with Gasteiger partial charge in [-0.15, -0.1) is 0 Å². The maximum atomic E-state index is 9.19. The summed E-state index contributed by atoms with van der Waals surface area (Å²) in [6.45, 7) is 0. The molecule has 2 aromatic rings. The Morgan fingerprint density at radius 1 is 1.27 bits per heavy atom. The first kappa shape index (κ1) is 11.5. The first-order valence-corrected chi connectivity index (χ1v) is 5.89. The highest BCUT2D eigenvalue weighted by Crippen LogP contribution is 2.06. The van der Waals surface area contributed by atoms with Gasteiger partial charge in [0.25, 0.3) is 10.1 Å². The van der Waals surface area contributed by atoms with E-state index in [1.807, 2.05) is 30.5 Å². The van der Waals surface area contributed by atoms with Crippen molar-refractivity contribution in [3.05, 3.63) is 36.8 Å². The third-order valence-electron chi connectivity index (χ3n) is 1.41. The van der Waals surface area contributed by atoms with Crippen LogP contribution < -0.4 is 0 Å². The summed E-state index contributed by atoms with van der Waals surface area (Å²) in [7, 11) is -3.67. The zero-order valence-electron chi connectivity index (χ0n) is 8.03. The van der Waals surface area contributed by atoms with Gasteiger partial charge in [0, 0.05) is 11.6 Å². The quantitative estimate of drug-likeness (QED) is 0.681. The van der Waals surface area contributed by atoms with E-state index in [1.165, 1.54) is 0 Å². The first-order valence-electron chi connectivity index (χ1n) is 4.04. The lowest BCUT2D eigenvalue weighted by atomic mass is 10.2. The summed E-state index contributed by atoms with van der Waals surface area (Å²) in [5.74, 6) is 0. The Hall–Kier alpha value is -1.53. The average molecular weight is 226 g/mol. The second-order valence-corrected chi connectivity index (χ2v) is 4.28. The van der Waals surface area contributed by atoms with Crippen molar-refractivity contribution in [2.45, 2.75) is 0 Å². The Bertz CT molecular complexity index is 466. The first-order chi connectivity index (χ1) is 6.97. The van der Waals surface area contributed by atoms with E-state index >= 15 is 0 Å². The molecule has 1 heterocycles. The molecule has 1 N–H and O–H groups in total. The highest BCUT2D eigenvalue weighted by molar-refractivity contribution is 7.85. The topological polar surface area (TPSA) is 80.2 Å². The molecule has 0 amide bonds. The molecule has 0 spiro atoms. The minimum Gasteiger partial charge on any atom is -0.286 e. The number of fused-ring (bicyclic) bond motifs is 1. The van der Waals surface area contributed by atoms with Gasteiger partial charge in [-0.3, -0.25) is 4.55 Å². The van der Waals surface area contributed by atoms with Gasteiger partial charge in [-0.25, -0.2) is 9.97 Å². The van der Waals surface area contributed by atoms with Crippen LogP contribution in [0.25, 0.3) is 10.9 Å². The lowest BCUT2D eigenvalue weighted by molar-refractivity contribution is 0.490. The molecule has 1 aromatic heterocycles. The number of rotatable bonds is 0. The lowest BCUT2D eigenvalue weighted by Crippen LogP contribution is -1.88. The molecule has 1 aromatic carbocycles.